The van der Waals surface area contributed by atoms with Gasteiger partial charge in [-0.2, -0.15) is 0 Å². The van der Waals surface area contributed by atoms with Crippen molar-refractivity contribution in [2.75, 3.05) is 13.7 Å². The maximum Gasteiger partial charge on any atom is 0.136 e. The second-order valence-electron chi connectivity index (χ2n) is 4.38. The molecule has 1 rings (SSSR count). The van der Waals surface area contributed by atoms with Crippen LogP contribution in [0.25, 0.3) is 0 Å². The molecule has 0 spiro atoms. The number of methoxy groups -OCH3 is 1. The number of ketones is 1. The van der Waals surface area contributed by atoms with Crippen molar-refractivity contribution in [1.29, 1.82) is 0 Å². The topological polar surface area (TPSA) is 26.3 Å². The molecular weight excluding hydrogens is 164 g/mol. The third kappa shape index (κ3) is 2.80. The molecule has 13 heavy (non-hydrogen) atoms. The molecule has 2 heteroatoms. The summed E-state index contributed by atoms with van der Waals surface area (Å²) in [5, 5.41) is 0. The molecule has 76 valence electrons. The zero-order valence-electron chi connectivity index (χ0n) is 8.88. The summed E-state index contributed by atoms with van der Waals surface area (Å²) in [6, 6.07) is 0. The number of carbonyl (C=O) groups excluding carboxylic acids is 1. The predicted octanol–water partition coefficient (Wildman–Crippen LogP) is 2.27. The minimum atomic E-state index is 0.253. The van der Waals surface area contributed by atoms with E-state index in [2.05, 4.69) is 13.8 Å². The molecule has 0 bridgehead atoms. The average molecular weight is 184 g/mol. The van der Waals surface area contributed by atoms with E-state index in [1.165, 1.54) is 0 Å². The predicted molar refractivity (Wildman–Crippen MR) is 52.6 cm³/mol. The summed E-state index contributed by atoms with van der Waals surface area (Å²) in [7, 11) is 1.70. The molecule has 0 heterocycles. The molecule has 0 aromatic heterocycles. The summed E-state index contributed by atoms with van der Waals surface area (Å²) in [5.74, 6) is 1.80. The molecule has 0 aromatic carbocycles. The summed E-state index contributed by atoms with van der Waals surface area (Å²) in [6.45, 7) is 5.06. The van der Waals surface area contributed by atoms with Crippen molar-refractivity contribution < 1.29 is 9.53 Å². The minimum Gasteiger partial charge on any atom is -0.384 e. The standard InChI is InChI=1S/C11H20O2/c1-8-4-5-11(12)10(6-8)9(2)7-13-3/h8-10H,4-7H2,1-3H3. The van der Waals surface area contributed by atoms with Gasteiger partial charge in [0.1, 0.15) is 5.78 Å². The van der Waals surface area contributed by atoms with Crippen LogP contribution in [0.2, 0.25) is 0 Å². The van der Waals surface area contributed by atoms with Crippen LogP contribution in [0, 0.1) is 17.8 Å². The molecule has 3 unspecified atom stereocenters. The number of hydrogen-bond acceptors (Lipinski definition) is 2. The number of carbonyl (C=O) groups is 1. The number of Topliss-reactive ketones (excluding diaryl/α,β-unsaturated/α-hetero) is 1. The average Bonchev–Trinajstić information content (AvgIpc) is 2.09. The van der Waals surface area contributed by atoms with E-state index in [0.29, 0.717) is 24.2 Å². The third-order valence-electron chi connectivity index (χ3n) is 3.07. The van der Waals surface area contributed by atoms with Crippen LogP contribution >= 0.6 is 0 Å². The minimum absolute atomic E-state index is 0.253. The lowest BCUT2D eigenvalue weighted by molar-refractivity contribution is -0.128. The van der Waals surface area contributed by atoms with Crippen LogP contribution in [0.5, 0.6) is 0 Å². The van der Waals surface area contributed by atoms with Crippen LogP contribution in [0.1, 0.15) is 33.1 Å². The first-order valence-electron chi connectivity index (χ1n) is 5.16. The van der Waals surface area contributed by atoms with E-state index >= 15 is 0 Å². The molecule has 0 saturated heterocycles. The van der Waals surface area contributed by atoms with E-state index in [4.69, 9.17) is 4.74 Å². The smallest absolute Gasteiger partial charge is 0.136 e. The molecule has 0 aromatic rings. The second kappa shape index (κ2) is 4.75. The van der Waals surface area contributed by atoms with E-state index in [1.807, 2.05) is 0 Å². The Morgan fingerprint density at radius 2 is 2.31 bits per heavy atom. The number of hydrogen-bond donors (Lipinski definition) is 0. The summed E-state index contributed by atoms with van der Waals surface area (Å²) in [6.07, 6.45) is 2.91. The molecular formula is C11H20O2. The van der Waals surface area contributed by atoms with Crippen LogP contribution in [0.3, 0.4) is 0 Å². The van der Waals surface area contributed by atoms with Crippen LogP contribution in [-0.2, 0) is 9.53 Å². The SMILES string of the molecule is COCC(C)C1CC(C)CCC1=O. The molecule has 3 atom stereocenters. The molecule has 0 amide bonds. The first-order valence-corrected chi connectivity index (χ1v) is 5.16. The van der Waals surface area contributed by atoms with Gasteiger partial charge in [-0.15, -0.1) is 0 Å². The Morgan fingerprint density at radius 1 is 1.62 bits per heavy atom. The second-order valence-corrected chi connectivity index (χ2v) is 4.38. The lowest BCUT2D eigenvalue weighted by Crippen LogP contribution is -2.30. The Bertz CT molecular complexity index is 177. The molecule has 0 aliphatic heterocycles. The van der Waals surface area contributed by atoms with Crippen LogP contribution in [0.4, 0.5) is 0 Å². The van der Waals surface area contributed by atoms with Crippen molar-refractivity contribution in [3.8, 4) is 0 Å². The summed E-state index contributed by atoms with van der Waals surface area (Å²) >= 11 is 0. The molecule has 1 aliphatic carbocycles. The molecule has 2 nitrogen and oxygen atoms in total. The van der Waals surface area contributed by atoms with Gasteiger partial charge < -0.3 is 4.74 Å². The van der Waals surface area contributed by atoms with Gasteiger partial charge in [-0.3, -0.25) is 4.79 Å². The largest absolute Gasteiger partial charge is 0.384 e. The Kier molecular flexibility index (Phi) is 3.91. The molecule has 1 aliphatic rings. The molecule has 1 saturated carbocycles. The van der Waals surface area contributed by atoms with E-state index in [-0.39, 0.29) is 5.92 Å². The van der Waals surface area contributed by atoms with E-state index < -0.39 is 0 Å². The third-order valence-corrected chi connectivity index (χ3v) is 3.07. The lowest BCUT2D eigenvalue weighted by atomic mass is 9.76. The maximum atomic E-state index is 11.6. The normalized spacial score (nSPS) is 31.8. The quantitative estimate of drug-likeness (QED) is 0.672. The first-order chi connectivity index (χ1) is 6.15. The van der Waals surface area contributed by atoms with E-state index in [9.17, 15) is 4.79 Å². The van der Waals surface area contributed by atoms with Crippen LogP contribution in [0.15, 0.2) is 0 Å². The summed E-state index contributed by atoms with van der Waals surface area (Å²) in [5.41, 5.74) is 0. The van der Waals surface area contributed by atoms with Crippen molar-refractivity contribution in [3.63, 3.8) is 0 Å². The van der Waals surface area contributed by atoms with Crippen molar-refractivity contribution in [2.24, 2.45) is 17.8 Å². The van der Waals surface area contributed by atoms with Crippen molar-refractivity contribution >= 4 is 5.78 Å². The van der Waals surface area contributed by atoms with Gasteiger partial charge in [-0.1, -0.05) is 13.8 Å². The zero-order chi connectivity index (χ0) is 9.84. The van der Waals surface area contributed by atoms with Crippen molar-refractivity contribution in [1.82, 2.24) is 0 Å². The van der Waals surface area contributed by atoms with Gasteiger partial charge in [0.05, 0.1) is 0 Å². The molecule has 0 radical (unpaired) electrons. The number of rotatable bonds is 3. The summed E-state index contributed by atoms with van der Waals surface area (Å²) in [4.78, 5) is 11.6. The lowest BCUT2D eigenvalue weighted by Gasteiger charge is -2.29. The van der Waals surface area contributed by atoms with E-state index in [1.54, 1.807) is 7.11 Å². The van der Waals surface area contributed by atoms with Gasteiger partial charge in [-0.05, 0) is 24.7 Å². The Morgan fingerprint density at radius 3 is 2.92 bits per heavy atom. The van der Waals surface area contributed by atoms with Gasteiger partial charge in [0.15, 0.2) is 0 Å². The van der Waals surface area contributed by atoms with Gasteiger partial charge >= 0.3 is 0 Å². The van der Waals surface area contributed by atoms with Crippen LogP contribution < -0.4 is 0 Å². The summed E-state index contributed by atoms with van der Waals surface area (Å²) < 4.78 is 5.09. The Labute approximate surface area is 80.7 Å². The zero-order valence-corrected chi connectivity index (χ0v) is 8.88. The fourth-order valence-corrected chi connectivity index (χ4v) is 2.19. The molecule has 1 fully saturated rings. The highest BCUT2D eigenvalue weighted by atomic mass is 16.5. The van der Waals surface area contributed by atoms with Gasteiger partial charge in [0.25, 0.3) is 0 Å². The highest BCUT2D eigenvalue weighted by Crippen LogP contribution is 2.30. The Hall–Kier alpha value is -0.370. The Balaban J connectivity index is 2.49. The monoisotopic (exact) mass is 184 g/mol. The first kappa shape index (κ1) is 10.7. The number of ether oxygens (including phenoxy) is 1. The fraction of sp³-hybridized carbons (Fsp3) is 0.909. The van der Waals surface area contributed by atoms with Gasteiger partial charge in [0, 0.05) is 26.1 Å². The highest BCUT2D eigenvalue weighted by Gasteiger charge is 2.30. The molecule has 0 N–H and O–H groups in total. The fourth-order valence-electron chi connectivity index (χ4n) is 2.19. The maximum absolute atomic E-state index is 11.6. The van der Waals surface area contributed by atoms with Crippen LogP contribution in [-0.4, -0.2) is 19.5 Å². The highest BCUT2D eigenvalue weighted by molar-refractivity contribution is 5.82. The van der Waals surface area contributed by atoms with Gasteiger partial charge in [0.2, 0.25) is 0 Å². The van der Waals surface area contributed by atoms with Crippen molar-refractivity contribution in [2.45, 2.75) is 33.1 Å². The van der Waals surface area contributed by atoms with E-state index in [0.717, 1.165) is 19.3 Å². The van der Waals surface area contributed by atoms with Crippen molar-refractivity contribution in [3.05, 3.63) is 0 Å². The van der Waals surface area contributed by atoms with Gasteiger partial charge in [-0.25, -0.2) is 0 Å².